The number of aromatic nitrogens is 2. The van der Waals surface area contributed by atoms with Crippen molar-refractivity contribution in [2.75, 3.05) is 6.61 Å². The number of nitrogens with zero attached hydrogens (tertiary/aromatic N) is 3. The molecule has 124 valence electrons. The smallest absolute Gasteiger partial charge is 0.232 e. The van der Waals surface area contributed by atoms with Gasteiger partial charge in [-0.15, -0.1) is 0 Å². The highest BCUT2D eigenvalue weighted by Crippen LogP contribution is 2.21. The molecule has 25 heavy (non-hydrogen) atoms. The second-order valence-electron chi connectivity index (χ2n) is 5.58. The summed E-state index contributed by atoms with van der Waals surface area (Å²) in [6, 6.07) is 19.3. The van der Waals surface area contributed by atoms with Crippen LogP contribution in [0.2, 0.25) is 5.02 Å². The molecule has 0 spiro atoms. The molecule has 0 bridgehead atoms. The standard InChI is InChI=1S/C20H16ClN3O/c1-14-12-19(24-20(13-22)23-14)16-4-8-18(9-5-16)25-11-10-15-2-6-17(21)7-3-15/h2-9,12H,10-11H2,1H3. The molecular weight excluding hydrogens is 334 g/mol. The van der Waals surface area contributed by atoms with Gasteiger partial charge in [0.25, 0.3) is 0 Å². The molecule has 1 aromatic heterocycles. The van der Waals surface area contributed by atoms with Gasteiger partial charge in [0.2, 0.25) is 5.82 Å². The molecule has 0 saturated heterocycles. The molecule has 0 aliphatic carbocycles. The van der Waals surface area contributed by atoms with Crippen LogP contribution in [0.4, 0.5) is 0 Å². The Balaban J connectivity index is 1.63. The zero-order valence-corrected chi connectivity index (χ0v) is 14.5. The molecule has 0 fully saturated rings. The highest BCUT2D eigenvalue weighted by molar-refractivity contribution is 6.30. The van der Waals surface area contributed by atoms with Gasteiger partial charge in [-0.05, 0) is 55.0 Å². The molecule has 0 atom stereocenters. The minimum atomic E-state index is 0.179. The number of nitriles is 1. The van der Waals surface area contributed by atoms with Crippen LogP contribution in [-0.4, -0.2) is 16.6 Å². The first-order valence-electron chi connectivity index (χ1n) is 7.87. The fourth-order valence-corrected chi connectivity index (χ4v) is 2.55. The maximum absolute atomic E-state index is 8.98. The van der Waals surface area contributed by atoms with Crippen molar-refractivity contribution >= 4 is 11.6 Å². The third-order valence-electron chi connectivity index (χ3n) is 3.68. The molecule has 0 aliphatic rings. The van der Waals surface area contributed by atoms with E-state index in [2.05, 4.69) is 9.97 Å². The summed E-state index contributed by atoms with van der Waals surface area (Å²) in [6.45, 7) is 2.44. The first-order chi connectivity index (χ1) is 12.1. The summed E-state index contributed by atoms with van der Waals surface area (Å²) >= 11 is 5.88. The van der Waals surface area contributed by atoms with Gasteiger partial charge in [0.15, 0.2) is 0 Å². The van der Waals surface area contributed by atoms with E-state index >= 15 is 0 Å². The van der Waals surface area contributed by atoms with E-state index in [4.69, 9.17) is 21.6 Å². The summed E-state index contributed by atoms with van der Waals surface area (Å²) in [5.74, 6) is 0.974. The van der Waals surface area contributed by atoms with Crippen molar-refractivity contribution in [2.45, 2.75) is 13.3 Å². The zero-order chi connectivity index (χ0) is 17.6. The Bertz CT molecular complexity index is 900. The summed E-state index contributed by atoms with van der Waals surface area (Å²) in [5.41, 5.74) is 3.61. The van der Waals surface area contributed by atoms with E-state index in [-0.39, 0.29) is 5.82 Å². The Morgan fingerprint density at radius 2 is 1.76 bits per heavy atom. The highest BCUT2D eigenvalue weighted by Gasteiger charge is 2.05. The summed E-state index contributed by atoms with van der Waals surface area (Å²) in [5, 5.41) is 9.72. The van der Waals surface area contributed by atoms with Gasteiger partial charge in [-0.3, -0.25) is 0 Å². The third kappa shape index (κ3) is 4.56. The van der Waals surface area contributed by atoms with Gasteiger partial charge < -0.3 is 4.74 Å². The number of aryl methyl sites for hydroxylation is 1. The zero-order valence-electron chi connectivity index (χ0n) is 13.7. The van der Waals surface area contributed by atoms with Crippen molar-refractivity contribution in [2.24, 2.45) is 0 Å². The fourth-order valence-electron chi connectivity index (χ4n) is 2.43. The van der Waals surface area contributed by atoms with Crippen molar-refractivity contribution in [3.63, 3.8) is 0 Å². The van der Waals surface area contributed by atoms with Crippen molar-refractivity contribution in [3.8, 4) is 23.1 Å². The Kier molecular flexibility index (Phi) is 5.27. The highest BCUT2D eigenvalue weighted by atomic mass is 35.5. The van der Waals surface area contributed by atoms with Gasteiger partial charge in [0, 0.05) is 22.7 Å². The normalized spacial score (nSPS) is 10.3. The van der Waals surface area contributed by atoms with E-state index < -0.39 is 0 Å². The Hall–Kier alpha value is -2.90. The fraction of sp³-hybridized carbons (Fsp3) is 0.150. The molecule has 0 radical (unpaired) electrons. The van der Waals surface area contributed by atoms with Crippen LogP contribution in [0.5, 0.6) is 5.75 Å². The lowest BCUT2D eigenvalue weighted by Crippen LogP contribution is -2.01. The largest absolute Gasteiger partial charge is 0.493 e. The first kappa shape index (κ1) is 16.9. The minimum absolute atomic E-state index is 0.179. The molecule has 2 aromatic carbocycles. The van der Waals surface area contributed by atoms with Gasteiger partial charge in [0.05, 0.1) is 12.3 Å². The number of ether oxygens (including phenoxy) is 1. The molecule has 1 heterocycles. The summed E-state index contributed by atoms with van der Waals surface area (Å²) < 4.78 is 5.78. The Morgan fingerprint density at radius 3 is 2.44 bits per heavy atom. The van der Waals surface area contributed by atoms with Crippen LogP contribution >= 0.6 is 11.6 Å². The molecule has 0 unspecified atom stereocenters. The predicted molar refractivity (Wildman–Crippen MR) is 97.6 cm³/mol. The second kappa shape index (κ2) is 7.78. The van der Waals surface area contributed by atoms with Gasteiger partial charge in [-0.2, -0.15) is 5.26 Å². The third-order valence-corrected chi connectivity index (χ3v) is 3.93. The average Bonchev–Trinajstić information content (AvgIpc) is 2.63. The lowest BCUT2D eigenvalue weighted by atomic mass is 10.1. The minimum Gasteiger partial charge on any atom is -0.493 e. The first-order valence-corrected chi connectivity index (χ1v) is 8.25. The number of rotatable bonds is 5. The Labute approximate surface area is 151 Å². The van der Waals surface area contributed by atoms with Crippen LogP contribution in [0.1, 0.15) is 17.1 Å². The SMILES string of the molecule is Cc1cc(-c2ccc(OCCc3ccc(Cl)cc3)cc2)nc(C#N)n1. The Morgan fingerprint density at radius 1 is 1.04 bits per heavy atom. The topological polar surface area (TPSA) is 58.8 Å². The van der Waals surface area contributed by atoms with Gasteiger partial charge in [0.1, 0.15) is 11.8 Å². The van der Waals surface area contributed by atoms with Gasteiger partial charge in [-0.1, -0.05) is 23.7 Å². The number of hydrogen-bond donors (Lipinski definition) is 0. The molecule has 4 nitrogen and oxygen atoms in total. The number of benzene rings is 2. The molecule has 3 rings (SSSR count). The predicted octanol–water partition coefficient (Wildman–Crippen LogP) is 4.60. The summed E-state index contributed by atoms with van der Waals surface area (Å²) in [6.07, 6.45) is 0.815. The van der Waals surface area contributed by atoms with Crippen molar-refractivity contribution < 1.29 is 4.74 Å². The monoisotopic (exact) mass is 349 g/mol. The van der Waals surface area contributed by atoms with Crippen molar-refractivity contribution in [1.29, 1.82) is 5.26 Å². The quantitative estimate of drug-likeness (QED) is 0.675. The summed E-state index contributed by atoms with van der Waals surface area (Å²) in [7, 11) is 0. The molecular formula is C20H16ClN3O. The number of hydrogen-bond acceptors (Lipinski definition) is 4. The van der Waals surface area contributed by atoms with Crippen LogP contribution in [0, 0.1) is 18.3 Å². The summed E-state index contributed by atoms with van der Waals surface area (Å²) in [4.78, 5) is 8.30. The molecule has 0 amide bonds. The maximum atomic E-state index is 8.98. The van der Waals surface area contributed by atoms with Crippen LogP contribution in [0.15, 0.2) is 54.6 Å². The van der Waals surface area contributed by atoms with Crippen LogP contribution in [-0.2, 0) is 6.42 Å². The van der Waals surface area contributed by atoms with Crippen LogP contribution in [0.25, 0.3) is 11.3 Å². The van der Waals surface area contributed by atoms with Crippen LogP contribution < -0.4 is 4.74 Å². The molecule has 5 heteroatoms. The lowest BCUT2D eigenvalue weighted by Gasteiger charge is -2.08. The second-order valence-corrected chi connectivity index (χ2v) is 6.02. The molecule has 0 aliphatic heterocycles. The van der Waals surface area contributed by atoms with E-state index in [1.54, 1.807) is 0 Å². The molecule has 3 aromatic rings. The maximum Gasteiger partial charge on any atom is 0.232 e. The molecule has 0 saturated carbocycles. The number of halogens is 1. The van der Waals surface area contributed by atoms with Crippen LogP contribution in [0.3, 0.4) is 0 Å². The average molecular weight is 350 g/mol. The lowest BCUT2D eigenvalue weighted by molar-refractivity contribution is 0.322. The van der Waals surface area contributed by atoms with Crippen molar-refractivity contribution in [1.82, 2.24) is 9.97 Å². The molecule has 0 N–H and O–H groups in total. The van der Waals surface area contributed by atoms with E-state index in [1.165, 1.54) is 5.56 Å². The van der Waals surface area contributed by atoms with E-state index in [0.29, 0.717) is 6.61 Å². The van der Waals surface area contributed by atoms with E-state index in [1.807, 2.05) is 67.6 Å². The van der Waals surface area contributed by atoms with Crippen molar-refractivity contribution in [3.05, 3.63) is 76.7 Å². The van der Waals surface area contributed by atoms with Gasteiger partial charge >= 0.3 is 0 Å². The van der Waals surface area contributed by atoms with Gasteiger partial charge in [-0.25, -0.2) is 9.97 Å². The van der Waals surface area contributed by atoms with E-state index in [9.17, 15) is 0 Å². The van der Waals surface area contributed by atoms with E-state index in [0.717, 1.165) is 34.1 Å².